The Bertz CT molecular complexity index is 990. The first-order valence-electron chi connectivity index (χ1n) is 11.4. The van der Waals surface area contributed by atoms with Gasteiger partial charge in [0.15, 0.2) is 17.8 Å². The molecule has 2 aliphatic heterocycles. The molecule has 0 unspecified atom stereocenters. The third kappa shape index (κ3) is 5.86. The van der Waals surface area contributed by atoms with Crippen LogP contribution in [0.25, 0.3) is 6.08 Å². The van der Waals surface area contributed by atoms with Crippen LogP contribution in [-0.4, -0.2) is 129 Å². The second kappa shape index (κ2) is 12.1. The van der Waals surface area contributed by atoms with Crippen molar-refractivity contribution >= 4 is 12.0 Å². The van der Waals surface area contributed by atoms with E-state index in [1.807, 2.05) is 0 Å². The van der Waals surface area contributed by atoms with Crippen LogP contribution in [0.3, 0.4) is 0 Å². The lowest BCUT2D eigenvalue weighted by Crippen LogP contribution is -2.60. The summed E-state index contributed by atoms with van der Waals surface area (Å²) in [5.74, 6) is -3.33. The van der Waals surface area contributed by atoms with Gasteiger partial charge in [-0.25, -0.2) is 4.79 Å². The van der Waals surface area contributed by atoms with Gasteiger partial charge < -0.3 is 69.3 Å². The van der Waals surface area contributed by atoms with Crippen LogP contribution in [0, 0.1) is 0 Å². The van der Waals surface area contributed by atoms with Gasteiger partial charge in [0.2, 0.25) is 17.8 Å². The highest BCUT2D eigenvalue weighted by Gasteiger charge is 2.56. The fraction of sp³-hybridized carbons (Fsp3) is 0.609. The molecule has 0 bridgehead atoms. The Morgan fingerprint density at radius 2 is 1.61 bits per heavy atom. The summed E-state index contributed by atoms with van der Waals surface area (Å²) in [5, 5.41) is 79.9. The van der Waals surface area contributed by atoms with E-state index in [4.69, 9.17) is 28.4 Å². The number of aromatic hydroxyl groups is 1. The van der Waals surface area contributed by atoms with Gasteiger partial charge in [-0.15, -0.1) is 0 Å². The second-order valence-corrected chi connectivity index (χ2v) is 8.75. The molecule has 0 amide bonds. The zero-order chi connectivity index (χ0) is 28.4. The van der Waals surface area contributed by atoms with Crippen molar-refractivity contribution in [1.82, 2.24) is 0 Å². The summed E-state index contributed by atoms with van der Waals surface area (Å²) in [4.78, 5) is 12.7. The number of carbonyl (C=O) groups is 1. The molecule has 214 valence electrons. The summed E-state index contributed by atoms with van der Waals surface area (Å²) < 4.78 is 31.0. The number of rotatable bonds is 9. The number of hydrogen-bond donors (Lipinski definition) is 8. The average Bonchev–Trinajstić information content (AvgIpc) is 3.12. The number of phenolic OH excluding ortho intramolecular Hbond substituents is 1. The molecule has 9 atom stereocenters. The maximum atomic E-state index is 12.7. The molecule has 0 aliphatic carbocycles. The number of aliphatic hydroxyl groups excluding tert-OH is 7. The predicted molar refractivity (Wildman–Crippen MR) is 123 cm³/mol. The minimum absolute atomic E-state index is 0.00805. The van der Waals surface area contributed by atoms with Crippen molar-refractivity contribution < 1.29 is 74.1 Å². The molecule has 3 rings (SSSR count). The van der Waals surface area contributed by atoms with Gasteiger partial charge in [-0.2, -0.15) is 0 Å². The van der Waals surface area contributed by atoms with Crippen molar-refractivity contribution in [1.29, 1.82) is 0 Å². The molecule has 38 heavy (non-hydrogen) atoms. The number of benzene rings is 1. The zero-order valence-corrected chi connectivity index (χ0v) is 20.7. The van der Waals surface area contributed by atoms with Gasteiger partial charge in [0, 0.05) is 5.57 Å². The van der Waals surface area contributed by atoms with Crippen LogP contribution in [-0.2, 0) is 23.7 Å². The summed E-state index contributed by atoms with van der Waals surface area (Å²) in [7, 11) is 2.66. The van der Waals surface area contributed by atoms with Crippen molar-refractivity contribution in [2.24, 2.45) is 0 Å². The monoisotopic (exact) mass is 548 g/mol. The Balaban J connectivity index is 1.72. The van der Waals surface area contributed by atoms with Crippen LogP contribution in [0.15, 0.2) is 17.7 Å². The SMILES string of the molecule is COc1cc(/C=C(\C)C(=O)O[C@@H]2O[C@H](CO[C@]3(CO)O[C@H](O)[C@@H](O)[C@@H]3O)[C@@H](O)[C@H](O)[C@H]2O)cc(OC)c1O. The number of esters is 1. The van der Waals surface area contributed by atoms with Gasteiger partial charge in [0.05, 0.1) is 20.8 Å². The number of phenols is 1. The van der Waals surface area contributed by atoms with Crippen LogP contribution in [0.4, 0.5) is 0 Å². The van der Waals surface area contributed by atoms with Crippen LogP contribution in [0.1, 0.15) is 12.5 Å². The maximum Gasteiger partial charge on any atom is 0.336 e. The van der Waals surface area contributed by atoms with E-state index in [0.717, 1.165) is 0 Å². The molecule has 1 aromatic rings. The van der Waals surface area contributed by atoms with Crippen LogP contribution in [0.5, 0.6) is 17.2 Å². The third-order valence-corrected chi connectivity index (χ3v) is 6.20. The molecule has 2 aliphatic rings. The van der Waals surface area contributed by atoms with Crippen LogP contribution in [0.2, 0.25) is 0 Å². The first kappa shape index (κ1) is 30.0. The lowest BCUT2D eigenvalue weighted by Gasteiger charge is -2.41. The molecule has 0 saturated carbocycles. The smallest absolute Gasteiger partial charge is 0.336 e. The van der Waals surface area contributed by atoms with E-state index in [-0.39, 0.29) is 22.8 Å². The van der Waals surface area contributed by atoms with Crippen molar-refractivity contribution in [3.63, 3.8) is 0 Å². The Kier molecular flexibility index (Phi) is 9.53. The fourth-order valence-electron chi connectivity index (χ4n) is 3.93. The van der Waals surface area contributed by atoms with Gasteiger partial charge in [0.1, 0.15) is 43.2 Å². The van der Waals surface area contributed by atoms with Crippen molar-refractivity contribution in [2.75, 3.05) is 27.4 Å². The molecule has 15 heteroatoms. The van der Waals surface area contributed by atoms with Crippen molar-refractivity contribution in [3.8, 4) is 17.2 Å². The Hall–Kier alpha value is -2.57. The highest BCUT2D eigenvalue weighted by Crippen LogP contribution is 2.38. The highest BCUT2D eigenvalue weighted by atomic mass is 16.8. The van der Waals surface area contributed by atoms with E-state index in [1.54, 1.807) is 0 Å². The van der Waals surface area contributed by atoms with Gasteiger partial charge in [-0.3, -0.25) is 0 Å². The Morgan fingerprint density at radius 1 is 1.00 bits per heavy atom. The summed E-state index contributed by atoms with van der Waals surface area (Å²) >= 11 is 0. The van der Waals surface area contributed by atoms with Crippen molar-refractivity contribution in [3.05, 3.63) is 23.3 Å². The first-order valence-corrected chi connectivity index (χ1v) is 11.4. The Labute approximate surface area is 216 Å². The van der Waals surface area contributed by atoms with E-state index in [0.29, 0.717) is 5.56 Å². The Morgan fingerprint density at radius 3 is 2.11 bits per heavy atom. The van der Waals surface area contributed by atoms with Crippen LogP contribution < -0.4 is 9.47 Å². The summed E-state index contributed by atoms with van der Waals surface area (Å²) in [6.45, 7) is -0.320. The molecule has 0 spiro atoms. The van der Waals surface area contributed by atoms with E-state index < -0.39 is 74.2 Å². The fourth-order valence-corrected chi connectivity index (χ4v) is 3.93. The maximum absolute atomic E-state index is 12.7. The van der Waals surface area contributed by atoms with E-state index >= 15 is 0 Å². The molecule has 8 N–H and O–H groups in total. The zero-order valence-electron chi connectivity index (χ0n) is 20.7. The van der Waals surface area contributed by atoms with Crippen LogP contribution >= 0.6 is 0 Å². The number of carbonyl (C=O) groups excluding carboxylic acids is 1. The number of hydrogen-bond acceptors (Lipinski definition) is 15. The quantitative estimate of drug-likeness (QED) is 0.113. The molecule has 15 nitrogen and oxygen atoms in total. The largest absolute Gasteiger partial charge is 0.502 e. The standard InChI is InChI=1S/C23H32O15/c1-9(4-10-5-11(33-2)14(25)12(6-10)34-3)20(31)37-22-17(28)16(27)15(26)13(36-22)7-35-23(8-24)19(30)18(29)21(32)38-23/h4-6,13,15-19,21-22,24-30,32H,7-8H2,1-3H3/b9-4+/t13-,15-,16+,17-,18+,19+,21+,22+,23-/m1/s1. The van der Waals surface area contributed by atoms with Gasteiger partial charge >= 0.3 is 5.97 Å². The van der Waals surface area contributed by atoms with E-state index in [1.165, 1.54) is 39.4 Å². The normalized spacial score (nSPS) is 35.7. The number of methoxy groups -OCH3 is 2. The lowest BCUT2D eigenvalue weighted by atomic mass is 9.99. The molecule has 0 aromatic heterocycles. The van der Waals surface area contributed by atoms with Crippen molar-refractivity contribution in [2.45, 2.75) is 61.9 Å². The molecule has 2 fully saturated rings. The second-order valence-electron chi connectivity index (χ2n) is 8.75. The molecular weight excluding hydrogens is 516 g/mol. The highest BCUT2D eigenvalue weighted by molar-refractivity contribution is 5.93. The molecule has 0 radical (unpaired) electrons. The third-order valence-electron chi connectivity index (χ3n) is 6.20. The first-order chi connectivity index (χ1) is 17.9. The van der Waals surface area contributed by atoms with Gasteiger partial charge in [0.25, 0.3) is 0 Å². The van der Waals surface area contributed by atoms with E-state index in [2.05, 4.69) is 0 Å². The summed E-state index contributed by atoms with van der Waals surface area (Å²) in [6, 6.07) is 2.86. The van der Waals surface area contributed by atoms with Gasteiger partial charge in [-0.1, -0.05) is 0 Å². The summed E-state index contributed by atoms with van der Waals surface area (Å²) in [6.07, 6.45) is -12.9. The predicted octanol–water partition coefficient (Wildman–Crippen LogP) is -3.06. The number of ether oxygens (including phenoxy) is 6. The molecule has 2 saturated heterocycles. The van der Waals surface area contributed by atoms with E-state index in [9.17, 15) is 45.6 Å². The minimum Gasteiger partial charge on any atom is -0.502 e. The number of aliphatic hydroxyl groups is 7. The molecule has 1 aromatic carbocycles. The molecule has 2 heterocycles. The molecular formula is C23H32O15. The lowest BCUT2D eigenvalue weighted by molar-refractivity contribution is -0.330. The average molecular weight is 548 g/mol. The summed E-state index contributed by atoms with van der Waals surface area (Å²) in [5.41, 5.74) is 0.403. The minimum atomic E-state index is -2.28. The topological polar surface area (TPSA) is 234 Å². The van der Waals surface area contributed by atoms with Gasteiger partial charge in [-0.05, 0) is 30.7 Å².